The normalized spacial score (nSPS) is 11.8. The topological polar surface area (TPSA) is 15.3 Å². The Morgan fingerprint density at radius 3 is 2.05 bits per heavy atom. The number of halogens is 2. The van der Waals surface area contributed by atoms with Gasteiger partial charge in [0, 0.05) is 47.3 Å². The molecule has 0 heterocycles. The fraction of sp³-hybridized carbons (Fsp3) is 0.600. The molecule has 1 aromatic carbocycles. The van der Waals surface area contributed by atoms with Gasteiger partial charge in [-0.15, -0.1) is 0 Å². The minimum Gasteiger partial charge on any atom is -0.311 e. The van der Waals surface area contributed by atoms with E-state index in [1.807, 2.05) is 18.2 Å². The predicted molar refractivity (Wildman–Crippen MR) is 85.1 cm³/mol. The minimum atomic E-state index is 0.561. The van der Waals surface area contributed by atoms with Gasteiger partial charge in [-0.2, -0.15) is 0 Å². The molecule has 108 valence electrons. The predicted octanol–water partition coefficient (Wildman–Crippen LogP) is 4.20. The highest BCUT2D eigenvalue weighted by molar-refractivity contribution is 6.35. The van der Waals surface area contributed by atoms with Gasteiger partial charge in [0.25, 0.3) is 0 Å². The first kappa shape index (κ1) is 16.8. The Morgan fingerprint density at radius 1 is 1.05 bits per heavy atom. The van der Waals surface area contributed by atoms with Crippen molar-refractivity contribution in [3.63, 3.8) is 0 Å². The van der Waals surface area contributed by atoms with Crippen molar-refractivity contribution in [3.8, 4) is 0 Å². The van der Waals surface area contributed by atoms with E-state index in [1.54, 1.807) is 0 Å². The molecule has 0 radical (unpaired) electrons. The van der Waals surface area contributed by atoms with E-state index in [-0.39, 0.29) is 0 Å². The van der Waals surface area contributed by atoms with Crippen molar-refractivity contribution in [2.75, 3.05) is 13.1 Å². The third-order valence-electron chi connectivity index (χ3n) is 3.24. The van der Waals surface area contributed by atoms with Crippen molar-refractivity contribution in [2.45, 2.75) is 46.3 Å². The van der Waals surface area contributed by atoms with Crippen molar-refractivity contribution < 1.29 is 0 Å². The summed E-state index contributed by atoms with van der Waals surface area (Å²) in [7, 11) is 0. The zero-order valence-corrected chi connectivity index (χ0v) is 13.7. The number of nitrogens with one attached hydrogen (secondary N) is 1. The molecule has 0 bridgehead atoms. The van der Waals surface area contributed by atoms with Gasteiger partial charge < -0.3 is 5.32 Å². The van der Waals surface area contributed by atoms with E-state index in [4.69, 9.17) is 23.2 Å². The van der Waals surface area contributed by atoms with Crippen LogP contribution in [0.5, 0.6) is 0 Å². The molecule has 0 fully saturated rings. The lowest BCUT2D eigenvalue weighted by Gasteiger charge is -2.30. The van der Waals surface area contributed by atoms with Crippen molar-refractivity contribution in [1.82, 2.24) is 10.2 Å². The molecule has 0 aromatic heterocycles. The van der Waals surface area contributed by atoms with Gasteiger partial charge >= 0.3 is 0 Å². The molecule has 19 heavy (non-hydrogen) atoms. The summed E-state index contributed by atoms with van der Waals surface area (Å²) in [6.07, 6.45) is 0. The fourth-order valence-electron chi connectivity index (χ4n) is 2.24. The average Bonchev–Trinajstić information content (AvgIpc) is 2.31. The SMILES string of the molecule is CC(C)N(CCNCc1c(Cl)cccc1Cl)C(C)C. The maximum Gasteiger partial charge on any atom is 0.0465 e. The highest BCUT2D eigenvalue weighted by Crippen LogP contribution is 2.23. The van der Waals surface area contributed by atoms with Crippen LogP contribution in [-0.4, -0.2) is 30.1 Å². The highest BCUT2D eigenvalue weighted by Gasteiger charge is 2.12. The van der Waals surface area contributed by atoms with Gasteiger partial charge in [0.1, 0.15) is 0 Å². The summed E-state index contributed by atoms with van der Waals surface area (Å²) in [5.74, 6) is 0. The Morgan fingerprint density at radius 2 is 1.58 bits per heavy atom. The van der Waals surface area contributed by atoms with Crippen LogP contribution in [0, 0.1) is 0 Å². The van der Waals surface area contributed by atoms with E-state index in [2.05, 4.69) is 37.9 Å². The first-order valence-corrected chi connectivity index (χ1v) is 7.58. The molecule has 0 amide bonds. The fourth-order valence-corrected chi connectivity index (χ4v) is 2.77. The summed E-state index contributed by atoms with van der Waals surface area (Å²) in [5, 5.41) is 4.87. The van der Waals surface area contributed by atoms with E-state index in [9.17, 15) is 0 Å². The van der Waals surface area contributed by atoms with Gasteiger partial charge in [-0.25, -0.2) is 0 Å². The second kappa shape index (κ2) is 8.11. The Hall–Kier alpha value is -0.280. The molecule has 4 heteroatoms. The second-order valence-electron chi connectivity index (χ2n) is 5.30. The van der Waals surface area contributed by atoms with Gasteiger partial charge in [-0.05, 0) is 39.8 Å². The Kier molecular flexibility index (Phi) is 7.16. The standard InChI is InChI=1S/C15H24Cl2N2/c1-11(2)19(12(3)4)9-8-18-10-13-14(16)6-5-7-15(13)17/h5-7,11-12,18H,8-10H2,1-4H3. The Labute approximate surface area is 127 Å². The molecule has 0 spiro atoms. The molecule has 1 rings (SSSR count). The Bertz CT molecular complexity index is 363. The van der Waals surface area contributed by atoms with Gasteiger partial charge in [0.05, 0.1) is 0 Å². The van der Waals surface area contributed by atoms with Gasteiger partial charge in [-0.1, -0.05) is 29.3 Å². The molecule has 0 aliphatic heterocycles. The molecule has 0 unspecified atom stereocenters. The van der Waals surface area contributed by atoms with Crippen LogP contribution in [0.25, 0.3) is 0 Å². The molecular formula is C15H24Cl2N2. The van der Waals surface area contributed by atoms with Crippen LogP contribution in [-0.2, 0) is 6.54 Å². The second-order valence-corrected chi connectivity index (χ2v) is 6.12. The third-order valence-corrected chi connectivity index (χ3v) is 3.95. The van der Waals surface area contributed by atoms with Crippen molar-refractivity contribution in [1.29, 1.82) is 0 Å². The molecule has 2 nitrogen and oxygen atoms in total. The lowest BCUT2D eigenvalue weighted by molar-refractivity contribution is 0.176. The first-order valence-electron chi connectivity index (χ1n) is 6.82. The zero-order valence-electron chi connectivity index (χ0n) is 12.2. The van der Waals surface area contributed by atoms with E-state index in [0.29, 0.717) is 18.6 Å². The maximum absolute atomic E-state index is 6.14. The van der Waals surface area contributed by atoms with E-state index in [1.165, 1.54) is 0 Å². The highest BCUT2D eigenvalue weighted by atomic mass is 35.5. The number of hydrogen-bond donors (Lipinski definition) is 1. The summed E-state index contributed by atoms with van der Waals surface area (Å²) < 4.78 is 0. The molecule has 0 atom stereocenters. The van der Waals surface area contributed by atoms with Gasteiger partial charge in [0.15, 0.2) is 0 Å². The van der Waals surface area contributed by atoms with Crippen LogP contribution in [0.15, 0.2) is 18.2 Å². The third kappa shape index (κ3) is 5.31. The summed E-state index contributed by atoms with van der Waals surface area (Å²) in [6, 6.07) is 6.74. The molecule has 0 saturated heterocycles. The van der Waals surface area contributed by atoms with Gasteiger partial charge in [-0.3, -0.25) is 4.90 Å². The van der Waals surface area contributed by atoms with Crippen molar-refractivity contribution >= 4 is 23.2 Å². The van der Waals surface area contributed by atoms with Crippen LogP contribution in [0.4, 0.5) is 0 Å². The van der Waals surface area contributed by atoms with Crippen LogP contribution >= 0.6 is 23.2 Å². The summed E-state index contributed by atoms with van der Waals surface area (Å²) in [5.41, 5.74) is 0.978. The number of hydrogen-bond acceptors (Lipinski definition) is 2. The summed E-state index contributed by atoms with van der Waals surface area (Å²) >= 11 is 12.3. The average molecular weight is 303 g/mol. The molecule has 0 saturated carbocycles. The zero-order chi connectivity index (χ0) is 14.4. The molecular weight excluding hydrogens is 279 g/mol. The Balaban J connectivity index is 2.42. The summed E-state index contributed by atoms with van der Waals surface area (Å²) in [6.45, 7) is 11.6. The molecule has 0 aliphatic rings. The van der Waals surface area contributed by atoms with Crippen molar-refractivity contribution in [2.24, 2.45) is 0 Å². The molecule has 0 aliphatic carbocycles. The van der Waals surface area contributed by atoms with Crippen LogP contribution in [0.2, 0.25) is 10.0 Å². The number of benzene rings is 1. The lowest BCUT2D eigenvalue weighted by atomic mass is 10.2. The number of nitrogens with zero attached hydrogens (tertiary/aromatic N) is 1. The maximum atomic E-state index is 6.14. The van der Waals surface area contributed by atoms with E-state index < -0.39 is 0 Å². The van der Waals surface area contributed by atoms with Gasteiger partial charge in [0.2, 0.25) is 0 Å². The monoisotopic (exact) mass is 302 g/mol. The molecule has 1 N–H and O–H groups in total. The molecule has 1 aromatic rings. The van der Waals surface area contributed by atoms with Crippen LogP contribution in [0.3, 0.4) is 0 Å². The van der Waals surface area contributed by atoms with E-state index >= 15 is 0 Å². The number of rotatable bonds is 7. The van der Waals surface area contributed by atoms with E-state index in [0.717, 1.165) is 28.7 Å². The lowest BCUT2D eigenvalue weighted by Crippen LogP contribution is -2.41. The quantitative estimate of drug-likeness (QED) is 0.759. The largest absolute Gasteiger partial charge is 0.311 e. The van der Waals surface area contributed by atoms with Crippen LogP contribution in [0.1, 0.15) is 33.3 Å². The van der Waals surface area contributed by atoms with Crippen LogP contribution < -0.4 is 5.32 Å². The minimum absolute atomic E-state index is 0.561. The van der Waals surface area contributed by atoms with Crippen molar-refractivity contribution in [3.05, 3.63) is 33.8 Å². The summed E-state index contributed by atoms with van der Waals surface area (Å²) in [4.78, 5) is 2.46. The first-order chi connectivity index (χ1) is 8.93. The smallest absolute Gasteiger partial charge is 0.0465 e.